The molecular weight excluding hydrogens is 320 g/mol. The van der Waals surface area contributed by atoms with Crippen molar-refractivity contribution in [2.45, 2.75) is 45.6 Å². The third-order valence-corrected chi connectivity index (χ3v) is 4.68. The third-order valence-electron chi connectivity index (χ3n) is 3.80. The first kappa shape index (κ1) is 14.8. The molecule has 2 N–H and O–H groups in total. The van der Waals surface area contributed by atoms with Gasteiger partial charge in [0.1, 0.15) is 0 Å². The molecule has 0 spiro atoms. The summed E-state index contributed by atoms with van der Waals surface area (Å²) in [6.45, 7) is 4.38. The molecule has 0 unspecified atom stereocenters. The van der Waals surface area contributed by atoms with Crippen molar-refractivity contribution in [2.75, 3.05) is 5.32 Å². The first-order valence-electron chi connectivity index (χ1n) is 6.90. The number of hydrogen-bond donors (Lipinski definition) is 2. The zero-order chi connectivity index (χ0) is 13.8. The van der Waals surface area contributed by atoms with E-state index in [2.05, 4.69) is 58.6 Å². The summed E-state index contributed by atoms with van der Waals surface area (Å²) >= 11 is 8.98. The van der Waals surface area contributed by atoms with E-state index < -0.39 is 0 Å². The maximum absolute atomic E-state index is 5.42. The van der Waals surface area contributed by atoms with Crippen LogP contribution in [0.2, 0.25) is 0 Å². The van der Waals surface area contributed by atoms with Gasteiger partial charge in [0, 0.05) is 10.5 Å². The van der Waals surface area contributed by atoms with Crippen molar-refractivity contribution in [3.63, 3.8) is 0 Å². The molecule has 0 bridgehead atoms. The first-order chi connectivity index (χ1) is 9.06. The summed E-state index contributed by atoms with van der Waals surface area (Å²) in [5, 5.41) is 7.46. The molecule has 4 heteroatoms. The zero-order valence-electron chi connectivity index (χ0n) is 11.5. The SMILES string of the molecule is Cc1ccc(NC(=S)N[C@H]2CCCC[C@@H]2C)c(Br)c1. The van der Waals surface area contributed by atoms with Gasteiger partial charge in [0.05, 0.1) is 5.69 Å². The molecule has 0 saturated heterocycles. The van der Waals surface area contributed by atoms with E-state index >= 15 is 0 Å². The second kappa shape index (κ2) is 6.71. The van der Waals surface area contributed by atoms with Crippen molar-refractivity contribution in [2.24, 2.45) is 5.92 Å². The second-order valence-corrected chi connectivity index (χ2v) is 6.71. The Morgan fingerprint density at radius 2 is 2.05 bits per heavy atom. The van der Waals surface area contributed by atoms with E-state index in [1.807, 2.05) is 0 Å². The lowest BCUT2D eigenvalue weighted by molar-refractivity contribution is 0.309. The van der Waals surface area contributed by atoms with Gasteiger partial charge in [-0.25, -0.2) is 0 Å². The van der Waals surface area contributed by atoms with E-state index in [-0.39, 0.29) is 0 Å². The molecule has 2 nitrogen and oxygen atoms in total. The van der Waals surface area contributed by atoms with Gasteiger partial charge in [-0.3, -0.25) is 0 Å². The summed E-state index contributed by atoms with van der Waals surface area (Å²) in [4.78, 5) is 0. The summed E-state index contributed by atoms with van der Waals surface area (Å²) in [5.74, 6) is 0.704. The van der Waals surface area contributed by atoms with Crippen LogP contribution < -0.4 is 10.6 Å². The molecule has 1 saturated carbocycles. The Balaban J connectivity index is 1.93. The highest BCUT2D eigenvalue weighted by Crippen LogP contribution is 2.25. The van der Waals surface area contributed by atoms with Crippen LogP contribution in [0.1, 0.15) is 38.2 Å². The monoisotopic (exact) mass is 340 g/mol. The Kier molecular flexibility index (Phi) is 5.22. The standard InChI is InChI=1S/C15H21BrN2S/c1-10-7-8-14(12(16)9-10)18-15(19)17-13-6-4-3-5-11(13)2/h7-9,11,13H,3-6H2,1-2H3,(H2,17,18,19)/t11-,13-/m0/s1. The Bertz CT molecular complexity index is 461. The van der Waals surface area contributed by atoms with Gasteiger partial charge in [-0.2, -0.15) is 0 Å². The highest BCUT2D eigenvalue weighted by atomic mass is 79.9. The van der Waals surface area contributed by atoms with Crippen LogP contribution in [0.4, 0.5) is 5.69 Å². The van der Waals surface area contributed by atoms with Crippen LogP contribution in [-0.2, 0) is 0 Å². The van der Waals surface area contributed by atoms with Crippen LogP contribution in [0.5, 0.6) is 0 Å². The Labute approximate surface area is 129 Å². The van der Waals surface area contributed by atoms with Crippen molar-refractivity contribution in [3.05, 3.63) is 28.2 Å². The molecular formula is C15H21BrN2S. The molecule has 1 aliphatic rings. The Hall–Kier alpha value is -0.610. The minimum absolute atomic E-state index is 0.512. The highest BCUT2D eigenvalue weighted by Gasteiger charge is 2.21. The molecule has 1 aromatic rings. The smallest absolute Gasteiger partial charge is 0.171 e. The lowest BCUT2D eigenvalue weighted by atomic mass is 9.86. The van der Waals surface area contributed by atoms with E-state index in [9.17, 15) is 0 Å². The number of rotatable bonds is 2. The quantitative estimate of drug-likeness (QED) is 0.768. The van der Waals surface area contributed by atoms with E-state index in [0.717, 1.165) is 15.3 Å². The predicted octanol–water partition coefficient (Wildman–Crippen LogP) is 4.62. The van der Waals surface area contributed by atoms with Crippen molar-refractivity contribution >= 4 is 38.9 Å². The van der Waals surface area contributed by atoms with Crippen LogP contribution in [0.25, 0.3) is 0 Å². The highest BCUT2D eigenvalue weighted by molar-refractivity contribution is 9.10. The number of anilines is 1. The molecule has 1 aliphatic carbocycles. The average Bonchev–Trinajstić information content (AvgIpc) is 2.36. The number of benzene rings is 1. The van der Waals surface area contributed by atoms with Crippen LogP contribution in [0.15, 0.2) is 22.7 Å². The van der Waals surface area contributed by atoms with Crippen LogP contribution in [0, 0.1) is 12.8 Å². The molecule has 19 heavy (non-hydrogen) atoms. The van der Waals surface area contributed by atoms with E-state index in [0.29, 0.717) is 12.0 Å². The fourth-order valence-corrected chi connectivity index (χ4v) is 3.43. The molecule has 0 amide bonds. The van der Waals surface area contributed by atoms with Gasteiger partial charge in [0.2, 0.25) is 0 Å². The van der Waals surface area contributed by atoms with Crippen molar-refractivity contribution in [1.82, 2.24) is 5.32 Å². The third kappa shape index (κ3) is 4.18. The zero-order valence-corrected chi connectivity index (χ0v) is 13.9. The van der Waals surface area contributed by atoms with E-state index in [1.165, 1.54) is 31.2 Å². The predicted molar refractivity (Wildman–Crippen MR) is 89.7 cm³/mol. The topological polar surface area (TPSA) is 24.1 Å². The van der Waals surface area contributed by atoms with Crippen LogP contribution >= 0.6 is 28.1 Å². The fraction of sp³-hybridized carbons (Fsp3) is 0.533. The normalized spacial score (nSPS) is 22.9. The van der Waals surface area contributed by atoms with Gasteiger partial charge >= 0.3 is 0 Å². The Morgan fingerprint density at radius 1 is 1.32 bits per heavy atom. The molecule has 0 aromatic heterocycles. The maximum atomic E-state index is 5.42. The van der Waals surface area contributed by atoms with Gasteiger partial charge < -0.3 is 10.6 Å². The summed E-state index contributed by atoms with van der Waals surface area (Å²) < 4.78 is 1.05. The second-order valence-electron chi connectivity index (χ2n) is 5.45. The molecule has 2 rings (SSSR count). The first-order valence-corrected chi connectivity index (χ1v) is 8.10. The van der Waals surface area contributed by atoms with Gasteiger partial charge in [-0.15, -0.1) is 0 Å². The molecule has 0 heterocycles. The minimum atomic E-state index is 0.512. The molecule has 0 radical (unpaired) electrons. The number of thiocarbonyl (C=S) groups is 1. The lowest BCUT2D eigenvalue weighted by Gasteiger charge is -2.30. The summed E-state index contributed by atoms with van der Waals surface area (Å²) in [6.07, 6.45) is 5.18. The summed E-state index contributed by atoms with van der Waals surface area (Å²) in [6, 6.07) is 6.74. The van der Waals surface area contributed by atoms with E-state index in [4.69, 9.17) is 12.2 Å². The van der Waals surface area contributed by atoms with Gasteiger partial charge in [0.15, 0.2) is 5.11 Å². The van der Waals surface area contributed by atoms with Crippen LogP contribution in [0.3, 0.4) is 0 Å². The van der Waals surface area contributed by atoms with Gasteiger partial charge in [0.25, 0.3) is 0 Å². The molecule has 2 atom stereocenters. The summed E-state index contributed by atoms with van der Waals surface area (Å²) in [5.41, 5.74) is 2.25. The molecule has 1 fully saturated rings. The number of aryl methyl sites for hydroxylation is 1. The van der Waals surface area contributed by atoms with Gasteiger partial charge in [-0.05, 0) is 71.5 Å². The minimum Gasteiger partial charge on any atom is -0.359 e. The Morgan fingerprint density at radius 3 is 2.74 bits per heavy atom. The number of nitrogens with one attached hydrogen (secondary N) is 2. The maximum Gasteiger partial charge on any atom is 0.171 e. The fourth-order valence-electron chi connectivity index (χ4n) is 2.58. The average molecular weight is 341 g/mol. The van der Waals surface area contributed by atoms with E-state index in [1.54, 1.807) is 0 Å². The molecule has 1 aromatic carbocycles. The molecule has 104 valence electrons. The summed E-state index contributed by atoms with van der Waals surface area (Å²) in [7, 11) is 0. The molecule has 0 aliphatic heterocycles. The van der Waals surface area contributed by atoms with Crippen molar-refractivity contribution < 1.29 is 0 Å². The van der Waals surface area contributed by atoms with Crippen molar-refractivity contribution in [1.29, 1.82) is 0 Å². The lowest BCUT2D eigenvalue weighted by Crippen LogP contribution is -2.43. The number of halogens is 1. The largest absolute Gasteiger partial charge is 0.359 e. The number of hydrogen-bond acceptors (Lipinski definition) is 1. The van der Waals surface area contributed by atoms with Crippen LogP contribution in [-0.4, -0.2) is 11.2 Å². The van der Waals surface area contributed by atoms with Gasteiger partial charge in [-0.1, -0.05) is 25.8 Å². The van der Waals surface area contributed by atoms with Crippen molar-refractivity contribution in [3.8, 4) is 0 Å².